The molecule has 7 amide bonds. The number of benzene rings is 4. The molecule has 25 nitrogen and oxygen atoms in total. The van der Waals surface area contributed by atoms with Crippen molar-refractivity contribution in [3.63, 3.8) is 0 Å². The number of nitrogens with one attached hydrogen (secondary N) is 5. The van der Waals surface area contributed by atoms with Crippen LogP contribution in [0.1, 0.15) is 81.8 Å². The molecule has 87 heavy (non-hydrogen) atoms. The van der Waals surface area contributed by atoms with E-state index in [0.29, 0.717) is 6.61 Å². The number of rotatable bonds is 18. The van der Waals surface area contributed by atoms with E-state index in [1.165, 1.54) is 43.3 Å². The van der Waals surface area contributed by atoms with E-state index >= 15 is 0 Å². The molecule has 25 heteroatoms. The van der Waals surface area contributed by atoms with Crippen molar-refractivity contribution in [1.82, 2.24) is 41.3 Å². The number of carbonyl (C=O) groups is 7. The van der Waals surface area contributed by atoms with Gasteiger partial charge < -0.3 is 91.6 Å². The van der Waals surface area contributed by atoms with E-state index in [0.717, 1.165) is 70.9 Å². The van der Waals surface area contributed by atoms with E-state index in [2.05, 4.69) is 33.5 Å². The van der Waals surface area contributed by atoms with Crippen molar-refractivity contribution >= 4 is 41.4 Å². The number of ether oxygens (including phenoxy) is 2. The lowest BCUT2D eigenvalue weighted by molar-refractivity contribution is -0.149. The number of likely N-dealkylation sites (N-methyl/N-ethyl adjacent to an activating group) is 1. The zero-order valence-electron chi connectivity index (χ0n) is 49.6. The third-order valence-electron chi connectivity index (χ3n) is 15.9. The molecular formula is C62H82N8O17. The molecule has 13 N–H and O–H groups in total. The summed E-state index contributed by atoms with van der Waals surface area (Å²) >= 11 is 0. The number of aromatic hydroxyl groups is 1. The summed E-state index contributed by atoms with van der Waals surface area (Å²) in [5.41, 5.74) is 3.47. The monoisotopic (exact) mass is 1210 g/mol. The first-order valence-corrected chi connectivity index (χ1v) is 29.3. The lowest BCUT2D eigenvalue weighted by atomic mass is 9.96. The molecule has 3 aliphatic rings. The van der Waals surface area contributed by atoms with Gasteiger partial charge in [-0.15, -0.1) is 0 Å². The van der Waals surface area contributed by atoms with Gasteiger partial charge in [0.15, 0.2) is 6.23 Å². The summed E-state index contributed by atoms with van der Waals surface area (Å²) in [6.07, 6.45) is -12.6. The van der Waals surface area contributed by atoms with E-state index in [1.54, 1.807) is 31.1 Å². The number of phenols is 1. The van der Waals surface area contributed by atoms with Gasteiger partial charge >= 0.3 is 0 Å². The Hall–Kier alpha value is -7.59. The smallest absolute Gasteiger partial charge is 0.251 e. The summed E-state index contributed by atoms with van der Waals surface area (Å²) in [5, 5.41) is 102. The zero-order valence-corrected chi connectivity index (χ0v) is 49.6. The lowest BCUT2D eigenvalue weighted by Crippen LogP contribution is -2.64. The van der Waals surface area contributed by atoms with Gasteiger partial charge in [-0.25, -0.2) is 0 Å². The average Bonchev–Trinajstić information content (AvgIpc) is 2.34. The summed E-state index contributed by atoms with van der Waals surface area (Å²) in [6, 6.07) is 15.2. The normalized spacial score (nSPS) is 26.7. The maximum atomic E-state index is 14.8. The Bertz CT molecular complexity index is 2990. The largest absolute Gasteiger partial charge is 0.508 e. The molecule has 7 rings (SSSR count). The first kappa shape index (κ1) is 66.9. The van der Waals surface area contributed by atoms with Crippen LogP contribution in [-0.4, -0.2) is 223 Å². The highest BCUT2D eigenvalue weighted by molar-refractivity contribution is 6.00. The minimum atomic E-state index is -2.29. The fourth-order valence-corrected chi connectivity index (χ4v) is 10.7. The number of fused-ring (bicyclic) bond motifs is 2. The van der Waals surface area contributed by atoms with E-state index < -0.39 is 152 Å². The maximum Gasteiger partial charge on any atom is 0.251 e. The van der Waals surface area contributed by atoms with Crippen LogP contribution in [0.3, 0.4) is 0 Å². The molecule has 4 aromatic rings. The van der Waals surface area contributed by atoms with Gasteiger partial charge in [-0.3, -0.25) is 33.6 Å². The van der Waals surface area contributed by atoms with Crippen LogP contribution in [0.25, 0.3) is 22.3 Å². The molecule has 0 radical (unpaired) electrons. The van der Waals surface area contributed by atoms with Crippen molar-refractivity contribution < 1.29 is 83.9 Å². The van der Waals surface area contributed by atoms with Gasteiger partial charge in [0.05, 0.1) is 37.6 Å². The van der Waals surface area contributed by atoms with Gasteiger partial charge in [0.25, 0.3) is 5.91 Å². The average molecular weight is 1210 g/mol. The number of nitrogens with zero attached hydrogens (tertiary/aromatic N) is 3. The number of hydrogen-bond acceptors (Lipinski definition) is 18. The first-order valence-electron chi connectivity index (χ1n) is 29.3. The fraction of sp³-hybridized carbons (Fsp3) is 0.500. The highest BCUT2D eigenvalue weighted by Crippen LogP contribution is 2.30. The lowest BCUT2D eigenvalue weighted by Gasteiger charge is -2.34. The van der Waals surface area contributed by atoms with Gasteiger partial charge in [0.2, 0.25) is 35.4 Å². The van der Waals surface area contributed by atoms with Crippen LogP contribution < -0.4 is 31.3 Å². The number of aliphatic hydroxyl groups is 7. The molecule has 3 heterocycles. The van der Waals surface area contributed by atoms with Crippen molar-refractivity contribution in [3.8, 4) is 33.8 Å². The predicted molar refractivity (Wildman–Crippen MR) is 316 cm³/mol. The molecule has 3 aliphatic heterocycles. The van der Waals surface area contributed by atoms with Crippen molar-refractivity contribution in [1.29, 1.82) is 0 Å². The van der Waals surface area contributed by atoms with E-state index in [-0.39, 0.29) is 36.6 Å². The van der Waals surface area contributed by atoms with Crippen LogP contribution >= 0.6 is 0 Å². The minimum absolute atomic E-state index is 0.0451. The Morgan fingerprint density at radius 3 is 1.76 bits per heavy atom. The predicted octanol–water partition coefficient (Wildman–Crippen LogP) is -0.341. The summed E-state index contributed by atoms with van der Waals surface area (Å²) in [6.45, 7) is 5.69. The van der Waals surface area contributed by atoms with Crippen molar-refractivity contribution in [2.45, 2.75) is 145 Å². The van der Waals surface area contributed by atoms with Crippen LogP contribution in [0.15, 0.2) is 97.1 Å². The summed E-state index contributed by atoms with van der Waals surface area (Å²) in [5.74, 6) is -8.26. The number of carbonyl (C=O) groups excluding carboxylic acids is 7. The summed E-state index contributed by atoms with van der Waals surface area (Å²) in [4.78, 5) is 105. The maximum absolute atomic E-state index is 14.8. The van der Waals surface area contributed by atoms with Crippen molar-refractivity contribution in [2.75, 3.05) is 46.9 Å². The highest BCUT2D eigenvalue weighted by atomic mass is 16.5. The zero-order chi connectivity index (χ0) is 63.4. The van der Waals surface area contributed by atoms with Crippen LogP contribution in [0.5, 0.6) is 11.5 Å². The molecule has 4 aromatic carbocycles. The Labute approximate surface area is 504 Å². The van der Waals surface area contributed by atoms with E-state index in [4.69, 9.17) is 9.47 Å². The molecule has 3 saturated heterocycles. The second-order valence-electron chi connectivity index (χ2n) is 22.9. The molecule has 3 fully saturated rings. The topological polar surface area (TPSA) is 370 Å². The quantitative estimate of drug-likeness (QED) is 0.0567. The van der Waals surface area contributed by atoms with Gasteiger partial charge in [-0.1, -0.05) is 87.4 Å². The van der Waals surface area contributed by atoms with Crippen molar-refractivity contribution in [3.05, 3.63) is 108 Å². The number of phenolic OH excluding ortho intramolecular Hbond substituents is 1. The van der Waals surface area contributed by atoms with E-state index in [1.807, 2.05) is 48.5 Å². The number of unbranched alkanes of at least 4 members (excludes halogenated alkanes) is 2. The Morgan fingerprint density at radius 1 is 0.655 bits per heavy atom. The van der Waals surface area contributed by atoms with E-state index in [9.17, 15) is 74.4 Å². The molecule has 0 spiro atoms. The Morgan fingerprint density at radius 2 is 1.20 bits per heavy atom. The number of hydrogen-bond donors (Lipinski definition) is 13. The van der Waals surface area contributed by atoms with Gasteiger partial charge in [0.1, 0.15) is 66.1 Å². The van der Waals surface area contributed by atoms with Gasteiger partial charge in [-0.2, -0.15) is 0 Å². The number of aliphatic hydroxyl groups excluding tert-OH is 7. The molecule has 0 saturated carbocycles. The van der Waals surface area contributed by atoms with Crippen LogP contribution in [-0.2, 0) is 33.5 Å². The minimum Gasteiger partial charge on any atom is -0.508 e. The van der Waals surface area contributed by atoms with Crippen LogP contribution in [0.2, 0.25) is 0 Å². The fourth-order valence-electron chi connectivity index (χ4n) is 10.7. The second kappa shape index (κ2) is 30.4. The standard InChI is InChI=1S/C62H82N8O17/c1-7-8-9-27-86-44-24-20-39(21-25-44)37-12-10-36(11-13-37)38-14-16-41(17-15-38)55(79)63-45-30-47(75)60(87-28-26-68(5)6)67-59(83)51-52(76)33(2)31-70(51)62(85)49(35(4)72)65-58(82)50(54(78)53(77)40-18-22-42(73)23-19-40)66-57(81)46-29-43(74)32-69(46)61(84)48(34(3)71)64-56(45)80/h10-25,33-35,43,45-54,60,71-78H,7-9,26-32H2,1-6H3,(H,63,79)(H,64,80)(H,65,82)(H,66,81)(H,67,83)/t33-,34+,35+,43+,45+,46-,47+,48-,49-,50-,51-,52-,53-,54-,60+/m0/s1. The first-order chi connectivity index (χ1) is 41.4. The summed E-state index contributed by atoms with van der Waals surface area (Å²) < 4.78 is 11.9. The molecule has 0 aliphatic carbocycles. The SMILES string of the molecule is CCCCCOc1ccc(-c2ccc(-c3ccc(C(=O)N[C@@H]4C[C@@H](O)[C@@H](OCCN(C)C)NC(=O)[C@@H]5[C@@H](O)[C@@H](C)CN5C(=O)[C@H]([C@@H](C)O)NC(=O)[C@H]([C@H](O)[C@@H](O)c5ccc(O)cc5)NC(=O)[C@@H]5C[C@@H](O)CN5C(=O)[C@H]([C@@H](C)O)NC4=O)cc3)cc2)cc1. The van der Waals surface area contributed by atoms with Crippen LogP contribution in [0, 0.1) is 5.92 Å². The third-order valence-corrected chi connectivity index (χ3v) is 15.9. The highest BCUT2D eigenvalue weighted by Gasteiger charge is 2.50. The molecule has 472 valence electrons. The molecule has 0 aromatic heterocycles. The van der Waals surface area contributed by atoms with Crippen molar-refractivity contribution in [2.24, 2.45) is 5.92 Å². The molecule has 0 unspecified atom stereocenters. The van der Waals surface area contributed by atoms with Gasteiger partial charge in [0, 0.05) is 44.0 Å². The second-order valence-corrected chi connectivity index (χ2v) is 22.9. The molecular weight excluding hydrogens is 1130 g/mol. The Kier molecular flexibility index (Phi) is 23.4. The summed E-state index contributed by atoms with van der Waals surface area (Å²) in [7, 11) is 3.43. The third kappa shape index (κ3) is 16.9. The molecule has 15 atom stereocenters. The number of amides is 7. The Balaban J connectivity index is 1.22. The molecule has 0 bridgehead atoms. The van der Waals surface area contributed by atoms with Crippen LogP contribution in [0.4, 0.5) is 0 Å². The van der Waals surface area contributed by atoms with Gasteiger partial charge in [-0.05, 0) is 98.6 Å².